The Morgan fingerprint density at radius 3 is 2.69 bits per heavy atom. The molecule has 1 aliphatic rings. The van der Waals surface area contributed by atoms with E-state index in [4.69, 9.17) is 16.3 Å². The van der Waals surface area contributed by atoms with E-state index in [2.05, 4.69) is 5.32 Å². The summed E-state index contributed by atoms with van der Waals surface area (Å²) in [6.45, 7) is 1.39. The largest absolute Gasteiger partial charge is 0.388 e. The smallest absolute Gasteiger partial charge is 0.121 e. The monoisotopic (exact) mass is 241 g/mol. The summed E-state index contributed by atoms with van der Waals surface area (Å²) in [6.07, 6.45) is 0.221. The van der Waals surface area contributed by atoms with Gasteiger partial charge < -0.3 is 15.2 Å². The highest BCUT2D eigenvalue weighted by atomic mass is 35.5. The molecule has 1 aliphatic heterocycles. The van der Waals surface area contributed by atoms with Crippen LogP contribution in [0, 0.1) is 0 Å². The van der Waals surface area contributed by atoms with Gasteiger partial charge >= 0.3 is 0 Å². The molecular weight excluding hydrogens is 226 g/mol. The van der Waals surface area contributed by atoms with Gasteiger partial charge in [0.15, 0.2) is 0 Å². The maximum atomic E-state index is 10.1. The van der Waals surface area contributed by atoms with Crippen molar-refractivity contribution in [3.05, 3.63) is 34.9 Å². The number of aliphatic hydroxyl groups is 1. The third kappa shape index (κ3) is 1.96. The Labute approximate surface area is 100 Å². The number of methoxy groups -OCH3 is 1. The summed E-state index contributed by atoms with van der Waals surface area (Å²) < 4.78 is 5.58. The average molecular weight is 242 g/mol. The van der Waals surface area contributed by atoms with Crippen LogP contribution in [0.4, 0.5) is 0 Å². The number of β-amino-alcohol motifs (C(OH)–C–C–N with tert-alkyl or cyclic N) is 1. The van der Waals surface area contributed by atoms with E-state index in [-0.39, 0.29) is 0 Å². The molecule has 0 bridgehead atoms. The van der Waals surface area contributed by atoms with E-state index in [1.165, 1.54) is 0 Å². The van der Waals surface area contributed by atoms with Gasteiger partial charge in [0.2, 0.25) is 0 Å². The molecule has 0 saturated carbocycles. The lowest BCUT2D eigenvalue weighted by Gasteiger charge is -2.41. The molecule has 1 aromatic rings. The van der Waals surface area contributed by atoms with Gasteiger partial charge in [0.05, 0.1) is 6.10 Å². The molecule has 1 saturated heterocycles. The van der Waals surface area contributed by atoms with Crippen LogP contribution >= 0.6 is 11.6 Å². The molecule has 4 heteroatoms. The molecule has 0 radical (unpaired) electrons. The molecule has 88 valence electrons. The zero-order chi connectivity index (χ0) is 11.6. The number of nitrogens with one attached hydrogen (secondary N) is 1. The number of rotatable bonds is 2. The van der Waals surface area contributed by atoms with Crippen molar-refractivity contribution in [3.8, 4) is 0 Å². The van der Waals surface area contributed by atoms with Crippen molar-refractivity contribution in [3.63, 3.8) is 0 Å². The first-order valence-electron chi connectivity index (χ1n) is 5.39. The van der Waals surface area contributed by atoms with Crippen LogP contribution in [0.3, 0.4) is 0 Å². The van der Waals surface area contributed by atoms with Crippen molar-refractivity contribution in [2.24, 2.45) is 0 Å². The minimum Gasteiger partial charge on any atom is -0.388 e. The Bertz CT molecular complexity index is 355. The van der Waals surface area contributed by atoms with Crippen LogP contribution in [-0.2, 0) is 10.3 Å². The predicted octanol–water partition coefficient (Wildman–Crippen LogP) is 1.54. The quantitative estimate of drug-likeness (QED) is 0.825. The Kier molecular flexibility index (Phi) is 3.50. The summed E-state index contributed by atoms with van der Waals surface area (Å²) in [5.74, 6) is 0. The normalized spacial score (nSPS) is 30.3. The first-order valence-corrected chi connectivity index (χ1v) is 5.77. The number of hydrogen-bond acceptors (Lipinski definition) is 3. The summed E-state index contributed by atoms with van der Waals surface area (Å²) in [5, 5.41) is 14.0. The number of piperidine rings is 1. The van der Waals surface area contributed by atoms with Crippen LogP contribution < -0.4 is 5.32 Å². The summed E-state index contributed by atoms with van der Waals surface area (Å²) in [4.78, 5) is 0. The third-order valence-corrected chi connectivity index (χ3v) is 3.50. The van der Waals surface area contributed by atoms with Gasteiger partial charge in [0, 0.05) is 18.7 Å². The fourth-order valence-corrected chi connectivity index (χ4v) is 2.40. The number of hydrogen-bond donors (Lipinski definition) is 2. The Morgan fingerprint density at radius 1 is 1.44 bits per heavy atom. The molecule has 1 aromatic carbocycles. The summed E-state index contributed by atoms with van der Waals surface area (Å²) >= 11 is 5.86. The lowest BCUT2D eigenvalue weighted by Crippen LogP contribution is -2.53. The fraction of sp³-hybridized carbons (Fsp3) is 0.500. The first-order chi connectivity index (χ1) is 7.69. The van der Waals surface area contributed by atoms with Crippen molar-refractivity contribution in [2.45, 2.75) is 18.1 Å². The van der Waals surface area contributed by atoms with E-state index in [1.54, 1.807) is 7.11 Å². The van der Waals surface area contributed by atoms with Crippen molar-refractivity contribution in [2.75, 3.05) is 20.2 Å². The predicted molar refractivity (Wildman–Crippen MR) is 63.6 cm³/mol. The van der Waals surface area contributed by atoms with Crippen molar-refractivity contribution in [1.29, 1.82) is 0 Å². The molecule has 2 N–H and O–H groups in total. The Morgan fingerprint density at radius 2 is 2.12 bits per heavy atom. The van der Waals surface area contributed by atoms with Crippen LogP contribution in [0.1, 0.15) is 12.0 Å². The highest BCUT2D eigenvalue weighted by Crippen LogP contribution is 2.34. The van der Waals surface area contributed by atoms with Gasteiger partial charge in [-0.1, -0.05) is 23.7 Å². The molecule has 2 rings (SSSR count). The van der Waals surface area contributed by atoms with Gasteiger partial charge in [-0.2, -0.15) is 0 Å². The van der Waals surface area contributed by atoms with Crippen LogP contribution in [0.2, 0.25) is 5.02 Å². The number of halogens is 1. The number of benzene rings is 1. The standard InChI is InChI=1S/C12H16ClNO2/c1-16-12(6-7-14-8-11(12)15)9-2-4-10(13)5-3-9/h2-5,11,14-15H,6-8H2,1H3. The second-order valence-corrected chi connectivity index (χ2v) is 4.51. The van der Waals surface area contributed by atoms with Crippen molar-refractivity contribution < 1.29 is 9.84 Å². The van der Waals surface area contributed by atoms with Crippen LogP contribution in [0.25, 0.3) is 0 Å². The summed E-state index contributed by atoms with van der Waals surface area (Å²) in [6, 6.07) is 7.49. The average Bonchev–Trinajstić information content (AvgIpc) is 2.31. The van der Waals surface area contributed by atoms with E-state index >= 15 is 0 Å². The molecule has 0 amide bonds. The van der Waals surface area contributed by atoms with Gasteiger partial charge in [-0.15, -0.1) is 0 Å². The van der Waals surface area contributed by atoms with Gasteiger partial charge in [-0.3, -0.25) is 0 Å². The van der Waals surface area contributed by atoms with Gasteiger partial charge in [-0.05, 0) is 30.7 Å². The molecule has 0 aromatic heterocycles. The van der Waals surface area contributed by atoms with E-state index in [0.717, 1.165) is 18.5 Å². The molecule has 16 heavy (non-hydrogen) atoms. The lowest BCUT2D eigenvalue weighted by molar-refractivity contribution is -0.124. The summed E-state index contributed by atoms with van der Waals surface area (Å²) in [7, 11) is 1.64. The second kappa shape index (κ2) is 4.72. The Hall–Kier alpha value is -0.610. The van der Waals surface area contributed by atoms with E-state index in [9.17, 15) is 5.11 Å². The third-order valence-electron chi connectivity index (χ3n) is 3.25. The highest BCUT2D eigenvalue weighted by Gasteiger charge is 2.41. The highest BCUT2D eigenvalue weighted by molar-refractivity contribution is 6.30. The number of ether oxygens (including phenoxy) is 1. The van der Waals surface area contributed by atoms with Crippen LogP contribution in [0.15, 0.2) is 24.3 Å². The molecule has 0 aliphatic carbocycles. The maximum Gasteiger partial charge on any atom is 0.121 e. The minimum atomic E-state index is -0.601. The molecule has 2 atom stereocenters. The topological polar surface area (TPSA) is 41.5 Å². The second-order valence-electron chi connectivity index (χ2n) is 4.07. The van der Waals surface area contributed by atoms with Gasteiger partial charge in [0.1, 0.15) is 5.60 Å². The van der Waals surface area contributed by atoms with Crippen LogP contribution in [-0.4, -0.2) is 31.4 Å². The zero-order valence-electron chi connectivity index (χ0n) is 9.24. The van der Waals surface area contributed by atoms with Crippen molar-refractivity contribution >= 4 is 11.6 Å². The molecule has 0 spiro atoms. The maximum absolute atomic E-state index is 10.1. The molecule has 1 fully saturated rings. The number of aliphatic hydroxyl groups excluding tert-OH is 1. The summed E-state index contributed by atoms with van der Waals surface area (Å²) in [5.41, 5.74) is 0.379. The van der Waals surface area contributed by atoms with E-state index in [1.807, 2.05) is 24.3 Å². The molecule has 1 heterocycles. The van der Waals surface area contributed by atoms with Gasteiger partial charge in [0.25, 0.3) is 0 Å². The van der Waals surface area contributed by atoms with Crippen LogP contribution in [0.5, 0.6) is 0 Å². The minimum absolute atomic E-state index is 0.535. The molecular formula is C12H16ClNO2. The van der Waals surface area contributed by atoms with Crippen molar-refractivity contribution in [1.82, 2.24) is 5.32 Å². The Balaban J connectivity index is 2.36. The van der Waals surface area contributed by atoms with E-state index < -0.39 is 11.7 Å². The zero-order valence-corrected chi connectivity index (χ0v) is 10.00. The lowest BCUT2D eigenvalue weighted by atomic mass is 9.82. The first kappa shape index (κ1) is 11.9. The van der Waals surface area contributed by atoms with Gasteiger partial charge in [-0.25, -0.2) is 0 Å². The fourth-order valence-electron chi connectivity index (χ4n) is 2.27. The molecule has 3 nitrogen and oxygen atoms in total. The molecule has 2 unspecified atom stereocenters. The SMILES string of the molecule is COC1(c2ccc(Cl)cc2)CCNCC1O. The van der Waals surface area contributed by atoms with E-state index in [0.29, 0.717) is 11.6 Å².